The molecule has 4 rings (SSSR count). The predicted octanol–water partition coefficient (Wildman–Crippen LogP) is 1.14. The number of halogens is 1. The van der Waals surface area contributed by atoms with Crippen molar-refractivity contribution in [3.63, 3.8) is 0 Å². The molecule has 2 fully saturated rings. The second kappa shape index (κ2) is 3.91. The van der Waals surface area contributed by atoms with Gasteiger partial charge in [0, 0.05) is 30.7 Å². The van der Waals surface area contributed by atoms with E-state index in [4.69, 9.17) is 21.7 Å². The van der Waals surface area contributed by atoms with Crippen molar-refractivity contribution in [2.24, 2.45) is 5.41 Å². The first kappa shape index (κ1) is 13.4. The van der Waals surface area contributed by atoms with Gasteiger partial charge < -0.3 is 19.6 Å². The summed E-state index contributed by atoms with van der Waals surface area (Å²) in [6.45, 7) is 1.72. The third-order valence-electron chi connectivity index (χ3n) is 5.21. The van der Waals surface area contributed by atoms with E-state index in [1.54, 1.807) is 12.1 Å². The number of β-amino-alcohol motifs (C(OH)–C–C–N with tert-alkyl or cyclic N) is 1. The van der Waals surface area contributed by atoms with Crippen LogP contribution in [0.2, 0.25) is 5.02 Å². The molecule has 0 aliphatic carbocycles. The number of benzene rings is 1. The largest absolute Gasteiger partial charge is 0.487 e. The van der Waals surface area contributed by atoms with Crippen LogP contribution in [0.15, 0.2) is 18.2 Å². The molecule has 0 unspecified atom stereocenters. The Kier molecular flexibility index (Phi) is 2.49. The molecular weight excluding hydrogens is 290 g/mol. The van der Waals surface area contributed by atoms with Crippen molar-refractivity contribution in [2.75, 3.05) is 33.7 Å². The molecule has 0 radical (unpaired) electrons. The summed E-state index contributed by atoms with van der Waals surface area (Å²) in [6.07, 6.45) is -0.210. The zero-order chi connectivity index (χ0) is 15.0. The molecule has 6 heteroatoms. The van der Waals surface area contributed by atoms with Crippen LogP contribution in [0.4, 0.5) is 0 Å². The van der Waals surface area contributed by atoms with Gasteiger partial charge in [-0.2, -0.15) is 0 Å². The van der Waals surface area contributed by atoms with Crippen molar-refractivity contribution in [1.29, 1.82) is 5.41 Å². The van der Waals surface area contributed by atoms with Gasteiger partial charge in [0.25, 0.3) is 0 Å². The summed E-state index contributed by atoms with van der Waals surface area (Å²) in [5.74, 6) is 1.13. The van der Waals surface area contributed by atoms with Crippen LogP contribution in [-0.2, 0) is 5.60 Å². The minimum atomic E-state index is -1.13. The number of hydrogen-bond acceptors (Lipinski definition) is 4. The molecule has 0 bridgehead atoms. The van der Waals surface area contributed by atoms with Gasteiger partial charge in [-0.3, -0.25) is 5.41 Å². The molecule has 3 aliphatic heterocycles. The van der Waals surface area contributed by atoms with Gasteiger partial charge in [-0.15, -0.1) is 0 Å². The summed E-state index contributed by atoms with van der Waals surface area (Å²) >= 11 is 6.13. The molecule has 21 heavy (non-hydrogen) atoms. The molecule has 0 amide bonds. The van der Waals surface area contributed by atoms with E-state index in [0.29, 0.717) is 41.8 Å². The Bertz CT molecular complexity index is 652. The Morgan fingerprint density at radius 2 is 2.14 bits per heavy atom. The number of nitrogens with zero attached hydrogens (tertiary/aromatic N) is 2. The van der Waals surface area contributed by atoms with E-state index in [1.807, 2.05) is 25.1 Å². The third kappa shape index (κ3) is 1.42. The second-order valence-corrected chi connectivity index (χ2v) is 6.92. The fourth-order valence-electron chi connectivity index (χ4n) is 4.30. The van der Waals surface area contributed by atoms with Crippen molar-refractivity contribution < 1.29 is 9.84 Å². The van der Waals surface area contributed by atoms with Crippen LogP contribution in [-0.4, -0.2) is 60.6 Å². The summed E-state index contributed by atoms with van der Waals surface area (Å²) < 4.78 is 6.14. The Labute approximate surface area is 128 Å². The second-order valence-electron chi connectivity index (χ2n) is 6.48. The van der Waals surface area contributed by atoms with Gasteiger partial charge >= 0.3 is 0 Å². The van der Waals surface area contributed by atoms with Gasteiger partial charge in [0.2, 0.25) is 0 Å². The van der Waals surface area contributed by atoms with Gasteiger partial charge in [0.1, 0.15) is 28.7 Å². The molecule has 0 saturated carbocycles. The van der Waals surface area contributed by atoms with Gasteiger partial charge in [0.05, 0.1) is 6.54 Å². The molecular formula is C15H18ClN3O2. The van der Waals surface area contributed by atoms with Crippen molar-refractivity contribution in [1.82, 2.24) is 9.80 Å². The van der Waals surface area contributed by atoms with Crippen LogP contribution in [0.3, 0.4) is 0 Å². The van der Waals surface area contributed by atoms with E-state index in [-0.39, 0.29) is 6.10 Å². The van der Waals surface area contributed by atoms with Crippen LogP contribution < -0.4 is 4.74 Å². The average molecular weight is 308 g/mol. The van der Waals surface area contributed by atoms with Crippen molar-refractivity contribution >= 4 is 17.4 Å². The number of likely N-dealkylation sites (N-methyl/N-ethyl adjacent to an activating group) is 2. The van der Waals surface area contributed by atoms with Crippen LogP contribution in [0, 0.1) is 10.8 Å². The molecule has 1 spiro atoms. The topological polar surface area (TPSA) is 59.8 Å². The van der Waals surface area contributed by atoms with E-state index in [0.717, 1.165) is 0 Å². The molecule has 3 atom stereocenters. The summed E-state index contributed by atoms with van der Waals surface area (Å²) in [5.41, 5.74) is -1.14. The number of aliphatic hydroxyl groups is 1. The summed E-state index contributed by atoms with van der Waals surface area (Å²) in [5, 5.41) is 20.7. The number of fused-ring (bicyclic) bond motifs is 2. The van der Waals surface area contributed by atoms with Crippen LogP contribution in [0.5, 0.6) is 5.75 Å². The minimum Gasteiger partial charge on any atom is -0.487 e. The van der Waals surface area contributed by atoms with Gasteiger partial charge in [-0.1, -0.05) is 11.6 Å². The van der Waals surface area contributed by atoms with Crippen molar-refractivity contribution in [2.45, 2.75) is 11.7 Å². The maximum atomic E-state index is 11.6. The van der Waals surface area contributed by atoms with Gasteiger partial charge in [-0.05, 0) is 25.2 Å². The van der Waals surface area contributed by atoms with Gasteiger partial charge in [-0.25, -0.2) is 0 Å². The highest BCUT2D eigenvalue weighted by atomic mass is 35.5. The first-order valence-electron chi connectivity index (χ1n) is 7.06. The van der Waals surface area contributed by atoms with E-state index in [1.165, 1.54) is 0 Å². The monoisotopic (exact) mass is 307 g/mol. The molecule has 5 nitrogen and oxygen atoms in total. The maximum absolute atomic E-state index is 11.6. The normalized spacial score (nSPS) is 38.0. The molecule has 0 aromatic heterocycles. The first-order chi connectivity index (χ1) is 9.88. The quantitative estimate of drug-likeness (QED) is 0.755. The Balaban J connectivity index is 1.99. The fraction of sp³-hybridized carbons (Fsp3) is 0.533. The highest BCUT2D eigenvalue weighted by Gasteiger charge is 2.71. The lowest BCUT2D eigenvalue weighted by molar-refractivity contribution is -0.0879. The van der Waals surface area contributed by atoms with Crippen LogP contribution >= 0.6 is 11.6 Å². The molecule has 2 saturated heterocycles. The SMILES string of the molecule is CN1C[C@@H]2Oc3ccc(Cl)cc3[C@@]3(O)CN(C)C(=N)[C@@]23C1. The number of ether oxygens (including phenoxy) is 1. The summed E-state index contributed by atoms with van der Waals surface area (Å²) in [7, 11) is 3.85. The zero-order valence-corrected chi connectivity index (χ0v) is 12.8. The number of rotatable bonds is 0. The van der Waals surface area contributed by atoms with E-state index >= 15 is 0 Å². The Morgan fingerprint density at radius 1 is 1.38 bits per heavy atom. The van der Waals surface area contributed by atoms with E-state index in [9.17, 15) is 5.11 Å². The number of hydrogen-bond donors (Lipinski definition) is 2. The number of likely N-dealkylation sites (tertiary alicyclic amines) is 2. The molecule has 2 N–H and O–H groups in total. The molecule has 1 aromatic rings. The maximum Gasteiger partial charge on any atom is 0.128 e. The minimum absolute atomic E-state index is 0.210. The summed E-state index contributed by atoms with van der Waals surface area (Å²) in [4.78, 5) is 3.95. The van der Waals surface area contributed by atoms with Gasteiger partial charge in [0.15, 0.2) is 0 Å². The fourth-order valence-corrected chi connectivity index (χ4v) is 4.47. The summed E-state index contributed by atoms with van der Waals surface area (Å²) in [6, 6.07) is 5.37. The predicted molar refractivity (Wildman–Crippen MR) is 80.1 cm³/mol. The van der Waals surface area contributed by atoms with E-state index < -0.39 is 11.0 Å². The lowest BCUT2D eigenvalue weighted by Gasteiger charge is -2.46. The van der Waals surface area contributed by atoms with Crippen molar-refractivity contribution in [3.8, 4) is 5.75 Å². The standard InChI is InChI=1S/C15H18ClN3O2/c1-18-6-12-14(7-18)13(17)19(2)8-15(14,20)10-5-9(16)3-4-11(10)21-12/h3-5,12,17,20H,6-8H2,1-2H3/t12-,14+,15-/m0/s1. The molecule has 112 valence electrons. The highest BCUT2D eigenvalue weighted by Crippen LogP contribution is 2.58. The average Bonchev–Trinajstić information content (AvgIpc) is 2.85. The Morgan fingerprint density at radius 3 is 2.90 bits per heavy atom. The van der Waals surface area contributed by atoms with Crippen LogP contribution in [0.25, 0.3) is 0 Å². The smallest absolute Gasteiger partial charge is 0.128 e. The zero-order valence-electron chi connectivity index (χ0n) is 12.1. The lowest BCUT2D eigenvalue weighted by Crippen LogP contribution is -2.58. The highest BCUT2D eigenvalue weighted by molar-refractivity contribution is 6.30. The first-order valence-corrected chi connectivity index (χ1v) is 7.44. The number of nitrogens with one attached hydrogen (secondary N) is 1. The lowest BCUT2D eigenvalue weighted by atomic mass is 9.66. The van der Waals surface area contributed by atoms with Crippen LogP contribution in [0.1, 0.15) is 5.56 Å². The molecule has 1 aromatic carbocycles. The third-order valence-corrected chi connectivity index (χ3v) is 5.45. The molecule has 3 aliphatic rings. The Hall–Kier alpha value is -1.30. The number of amidine groups is 1. The van der Waals surface area contributed by atoms with Crippen molar-refractivity contribution in [3.05, 3.63) is 28.8 Å². The van der Waals surface area contributed by atoms with E-state index in [2.05, 4.69) is 4.90 Å². The molecule has 3 heterocycles.